The Labute approximate surface area is 76.6 Å². The quantitative estimate of drug-likeness (QED) is 0.629. The van der Waals surface area contributed by atoms with Gasteiger partial charge in [-0.05, 0) is 19.8 Å². The zero-order chi connectivity index (χ0) is 9.42. The van der Waals surface area contributed by atoms with Crippen molar-refractivity contribution in [3.8, 4) is 0 Å². The summed E-state index contributed by atoms with van der Waals surface area (Å²) >= 11 is 0. The van der Waals surface area contributed by atoms with Gasteiger partial charge in [-0.2, -0.15) is 5.10 Å². The van der Waals surface area contributed by atoms with Gasteiger partial charge in [-0.1, -0.05) is 0 Å². The van der Waals surface area contributed by atoms with E-state index in [1.54, 1.807) is 0 Å². The van der Waals surface area contributed by atoms with Crippen molar-refractivity contribution in [1.82, 2.24) is 10.2 Å². The lowest BCUT2D eigenvalue weighted by atomic mass is 10.0. The first-order valence-electron chi connectivity index (χ1n) is 4.49. The third-order valence-electron chi connectivity index (χ3n) is 2.56. The first-order chi connectivity index (χ1) is 6.20. The number of aryl methyl sites for hydroxylation is 1. The molecule has 0 aromatic carbocycles. The number of hydrogen-bond donors (Lipinski definition) is 1. The van der Waals surface area contributed by atoms with Crippen LogP contribution in [-0.4, -0.2) is 23.8 Å². The summed E-state index contributed by atoms with van der Waals surface area (Å²) in [6.07, 6.45) is 2.08. The first kappa shape index (κ1) is 8.29. The molecule has 0 radical (unpaired) electrons. The van der Waals surface area contributed by atoms with Crippen LogP contribution < -0.4 is 10.5 Å². The maximum absolute atomic E-state index is 11.5. The fourth-order valence-corrected chi connectivity index (χ4v) is 1.87. The minimum Gasteiger partial charge on any atom is -0.370 e. The topological polar surface area (TPSA) is 49.0 Å². The van der Waals surface area contributed by atoms with E-state index in [1.165, 1.54) is 0 Å². The second-order valence-electron chi connectivity index (χ2n) is 3.49. The molecule has 0 bridgehead atoms. The molecule has 2 heterocycles. The van der Waals surface area contributed by atoms with E-state index in [9.17, 15) is 4.79 Å². The average Bonchev–Trinajstić information content (AvgIpc) is 2.12. The van der Waals surface area contributed by atoms with Crippen LogP contribution in [0.3, 0.4) is 0 Å². The van der Waals surface area contributed by atoms with E-state index >= 15 is 0 Å². The molecule has 0 atom stereocenters. The van der Waals surface area contributed by atoms with Gasteiger partial charge in [0.25, 0.3) is 5.56 Å². The maximum atomic E-state index is 11.5. The van der Waals surface area contributed by atoms with Crippen molar-refractivity contribution in [3.05, 3.63) is 21.6 Å². The lowest BCUT2D eigenvalue weighted by molar-refractivity contribution is 0.716. The van der Waals surface area contributed by atoms with Crippen LogP contribution >= 0.6 is 0 Å². The number of anilines is 1. The van der Waals surface area contributed by atoms with Gasteiger partial charge in [0, 0.05) is 19.2 Å². The number of nitrogens with one attached hydrogen (secondary N) is 1. The molecule has 0 spiro atoms. The van der Waals surface area contributed by atoms with Gasteiger partial charge < -0.3 is 4.90 Å². The zero-order valence-electron chi connectivity index (χ0n) is 7.92. The molecule has 0 aliphatic carbocycles. The molecule has 70 valence electrons. The number of aromatic nitrogens is 2. The van der Waals surface area contributed by atoms with Crippen LogP contribution in [0.15, 0.2) is 4.79 Å². The molecule has 1 aromatic heterocycles. The summed E-state index contributed by atoms with van der Waals surface area (Å²) in [6, 6.07) is 0. The highest BCUT2D eigenvalue weighted by Gasteiger charge is 2.19. The molecule has 0 unspecified atom stereocenters. The normalized spacial score (nSPS) is 15.7. The van der Waals surface area contributed by atoms with E-state index in [0.717, 1.165) is 36.3 Å². The highest BCUT2D eigenvalue weighted by Crippen LogP contribution is 2.22. The minimum atomic E-state index is -0.0669. The van der Waals surface area contributed by atoms with Gasteiger partial charge in [0.15, 0.2) is 0 Å². The molecule has 0 fully saturated rings. The molecular weight excluding hydrogens is 166 g/mol. The lowest BCUT2D eigenvalue weighted by Gasteiger charge is -2.26. The minimum absolute atomic E-state index is 0.0669. The van der Waals surface area contributed by atoms with Crippen LogP contribution in [0.4, 0.5) is 5.69 Å². The Morgan fingerprint density at radius 2 is 2.31 bits per heavy atom. The Kier molecular flexibility index (Phi) is 1.83. The number of nitrogens with zero attached hydrogens (tertiary/aromatic N) is 2. The van der Waals surface area contributed by atoms with Crippen molar-refractivity contribution in [2.45, 2.75) is 19.8 Å². The third-order valence-corrected chi connectivity index (χ3v) is 2.56. The molecule has 4 nitrogen and oxygen atoms in total. The summed E-state index contributed by atoms with van der Waals surface area (Å²) in [4.78, 5) is 13.5. The fourth-order valence-electron chi connectivity index (χ4n) is 1.87. The van der Waals surface area contributed by atoms with Gasteiger partial charge in [0.2, 0.25) is 0 Å². The maximum Gasteiger partial charge on any atom is 0.287 e. The van der Waals surface area contributed by atoms with Gasteiger partial charge in [-0.3, -0.25) is 4.79 Å². The van der Waals surface area contributed by atoms with E-state index in [0.29, 0.717) is 0 Å². The average molecular weight is 179 g/mol. The van der Waals surface area contributed by atoms with E-state index < -0.39 is 0 Å². The monoisotopic (exact) mass is 179 g/mol. The molecule has 2 rings (SSSR count). The smallest absolute Gasteiger partial charge is 0.287 e. The number of H-pyrrole nitrogens is 1. The summed E-state index contributed by atoms with van der Waals surface area (Å²) < 4.78 is 0. The molecule has 0 amide bonds. The SMILES string of the molecule is Cc1n[nH]c(=O)c2c1CCCN2C. The lowest BCUT2D eigenvalue weighted by Crippen LogP contribution is -2.32. The predicted molar refractivity (Wildman–Crippen MR) is 51.2 cm³/mol. The van der Waals surface area contributed by atoms with Crippen LogP contribution in [-0.2, 0) is 6.42 Å². The summed E-state index contributed by atoms with van der Waals surface area (Å²) in [5, 5.41) is 6.47. The highest BCUT2D eigenvalue weighted by atomic mass is 16.1. The molecule has 1 aromatic rings. The van der Waals surface area contributed by atoms with Crippen molar-refractivity contribution in [3.63, 3.8) is 0 Å². The van der Waals surface area contributed by atoms with Gasteiger partial charge >= 0.3 is 0 Å². The van der Waals surface area contributed by atoms with Gasteiger partial charge in [0.1, 0.15) is 5.69 Å². The number of hydrogen-bond acceptors (Lipinski definition) is 3. The number of fused-ring (bicyclic) bond motifs is 1. The van der Waals surface area contributed by atoms with Gasteiger partial charge in [0.05, 0.1) is 5.69 Å². The van der Waals surface area contributed by atoms with Gasteiger partial charge in [-0.25, -0.2) is 5.10 Å². The van der Waals surface area contributed by atoms with Crippen LogP contribution in [0.25, 0.3) is 0 Å². The molecular formula is C9H13N3O. The van der Waals surface area contributed by atoms with Crippen molar-refractivity contribution >= 4 is 5.69 Å². The molecule has 1 N–H and O–H groups in total. The first-order valence-corrected chi connectivity index (χ1v) is 4.49. The van der Waals surface area contributed by atoms with Gasteiger partial charge in [-0.15, -0.1) is 0 Å². The molecule has 0 saturated carbocycles. The predicted octanol–water partition coefficient (Wildman–Crippen LogP) is 0.461. The molecule has 1 aliphatic rings. The van der Waals surface area contributed by atoms with Crippen LogP contribution in [0.1, 0.15) is 17.7 Å². The summed E-state index contributed by atoms with van der Waals surface area (Å²) in [5.41, 5.74) is 2.79. The largest absolute Gasteiger partial charge is 0.370 e. The standard InChI is InChI=1S/C9H13N3O/c1-6-7-4-3-5-12(2)8(7)9(13)11-10-6/h3-5H2,1-2H3,(H,11,13). The van der Waals surface area contributed by atoms with E-state index in [-0.39, 0.29) is 5.56 Å². The Morgan fingerprint density at radius 1 is 1.54 bits per heavy atom. The molecule has 4 heteroatoms. The van der Waals surface area contributed by atoms with E-state index in [1.807, 2.05) is 18.9 Å². The molecule has 1 aliphatic heterocycles. The van der Waals surface area contributed by atoms with E-state index in [4.69, 9.17) is 0 Å². The molecule has 0 saturated heterocycles. The molecule has 13 heavy (non-hydrogen) atoms. The summed E-state index contributed by atoms with van der Waals surface area (Å²) in [7, 11) is 1.95. The fraction of sp³-hybridized carbons (Fsp3) is 0.556. The summed E-state index contributed by atoms with van der Waals surface area (Å²) in [5.74, 6) is 0. The summed E-state index contributed by atoms with van der Waals surface area (Å²) in [6.45, 7) is 2.90. The van der Waals surface area contributed by atoms with Crippen molar-refractivity contribution in [2.75, 3.05) is 18.5 Å². The Morgan fingerprint density at radius 3 is 3.00 bits per heavy atom. The second kappa shape index (κ2) is 2.87. The van der Waals surface area contributed by atoms with Crippen molar-refractivity contribution < 1.29 is 0 Å². The van der Waals surface area contributed by atoms with Crippen molar-refractivity contribution in [1.29, 1.82) is 0 Å². The van der Waals surface area contributed by atoms with Crippen LogP contribution in [0.2, 0.25) is 0 Å². The Bertz CT molecular complexity index is 383. The zero-order valence-corrected chi connectivity index (χ0v) is 7.92. The number of rotatable bonds is 0. The second-order valence-corrected chi connectivity index (χ2v) is 3.49. The Hall–Kier alpha value is -1.32. The third kappa shape index (κ3) is 1.22. The Balaban J connectivity index is 2.67. The van der Waals surface area contributed by atoms with E-state index in [2.05, 4.69) is 10.2 Å². The van der Waals surface area contributed by atoms with Crippen molar-refractivity contribution in [2.24, 2.45) is 0 Å². The van der Waals surface area contributed by atoms with Crippen LogP contribution in [0, 0.1) is 6.92 Å². The number of aromatic amines is 1. The van der Waals surface area contributed by atoms with Crippen LogP contribution in [0.5, 0.6) is 0 Å². The highest BCUT2D eigenvalue weighted by molar-refractivity contribution is 5.54.